The highest BCUT2D eigenvalue weighted by atomic mass is 32.2. The molecule has 1 N–H and O–H groups in total. The lowest BCUT2D eigenvalue weighted by molar-refractivity contribution is -0.140. The summed E-state index contributed by atoms with van der Waals surface area (Å²) >= 11 is 0. The number of carbonyl (C=O) groups is 2. The second-order valence-electron chi connectivity index (χ2n) is 9.63. The fourth-order valence-electron chi connectivity index (χ4n) is 4.62. The van der Waals surface area contributed by atoms with E-state index in [1.54, 1.807) is 42.5 Å². The number of nitrogens with one attached hydrogen (secondary N) is 1. The number of methoxy groups -OCH3 is 1. The van der Waals surface area contributed by atoms with E-state index in [1.807, 2.05) is 67.6 Å². The molecule has 4 aromatic carbocycles. The van der Waals surface area contributed by atoms with Crippen LogP contribution in [0.3, 0.4) is 0 Å². The van der Waals surface area contributed by atoms with Crippen molar-refractivity contribution in [3.05, 3.63) is 126 Å². The van der Waals surface area contributed by atoms with E-state index < -0.39 is 28.5 Å². The van der Waals surface area contributed by atoms with Crippen molar-refractivity contribution in [2.45, 2.75) is 30.8 Å². The summed E-state index contributed by atoms with van der Waals surface area (Å²) in [5, 5.41) is 2.86. The zero-order valence-electron chi connectivity index (χ0n) is 23.7. The van der Waals surface area contributed by atoms with Crippen molar-refractivity contribution < 1.29 is 22.7 Å². The SMILES string of the molecule is CCNC(=O)[C@@H](Cc1ccccc1)N(Cc1ccccc1)C(=O)CN(c1ccc(OC)cc1)S(=O)(=O)c1ccccc1. The molecule has 0 saturated heterocycles. The van der Waals surface area contributed by atoms with Gasteiger partial charge in [0.05, 0.1) is 17.7 Å². The summed E-state index contributed by atoms with van der Waals surface area (Å²) in [7, 11) is -2.63. The molecule has 4 aromatic rings. The number of hydrogen-bond acceptors (Lipinski definition) is 5. The number of rotatable bonds is 13. The first kappa shape index (κ1) is 30.3. The molecule has 0 radical (unpaired) electrons. The summed E-state index contributed by atoms with van der Waals surface area (Å²) in [6.07, 6.45) is 0.263. The zero-order chi connectivity index (χ0) is 30.0. The second kappa shape index (κ2) is 14.3. The Kier molecular flexibility index (Phi) is 10.3. The molecular weight excluding hydrogens is 550 g/mol. The van der Waals surface area contributed by atoms with Crippen molar-refractivity contribution in [3.8, 4) is 5.75 Å². The number of benzene rings is 4. The van der Waals surface area contributed by atoms with Crippen LogP contribution in [0.25, 0.3) is 0 Å². The minimum Gasteiger partial charge on any atom is -0.497 e. The predicted molar refractivity (Wildman–Crippen MR) is 164 cm³/mol. The molecule has 0 bridgehead atoms. The molecule has 0 aliphatic carbocycles. The number of nitrogens with zero attached hydrogens (tertiary/aromatic N) is 2. The summed E-state index contributed by atoms with van der Waals surface area (Å²) in [6, 6.07) is 32.4. The van der Waals surface area contributed by atoms with Gasteiger partial charge in [-0.05, 0) is 54.4 Å². The zero-order valence-corrected chi connectivity index (χ0v) is 24.5. The normalized spacial score (nSPS) is 11.8. The number of carbonyl (C=O) groups excluding carboxylic acids is 2. The average molecular weight is 586 g/mol. The van der Waals surface area contributed by atoms with E-state index in [-0.39, 0.29) is 23.8 Å². The lowest BCUT2D eigenvalue weighted by Crippen LogP contribution is -2.53. The Morgan fingerprint density at radius 3 is 1.88 bits per heavy atom. The topological polar surface area (TPSA) is 96.0 Å². The number of amides is 2. The highest BCUT2D eigenvalue weighted by molar-refractivity contribution is 7.92. The molecule has 0 aliphatic rings. The molecule has 8 nitrogen and oxygen atoms in total. The monoisotopic (exact) mass is 585 g/mol. The van der Waals surface area contributed by atoms with Crippen LogP contribution in [0.2, 0.25) is 0 Å². The van der Waals surface area contributed by atoms with E-state index in [0.29, 0.717) is 18.0 Å². The molecular formula is C33H35N3O5S. The molecule has 0 saturated carbocycles. The van der Waals surface area contributed by atoms with E-state index in [2.05, 4.69) is 5.32 Å². The summed E-state index contributed by atoms with van der Waals surface area (Å²) in [4.78, 5) is 29.3. The molecule has 0 spiro atoms. The lowest BCUT2D eigenvalue weighted by atomic mass is 10.0. The minimum atomic E-state index is -4.15. The van der Waals surface area contributed by atoms with E-state index in [9.17, 15) is 18.0 Å². The van der Waals surface area contributed by atoms with Crippen LogP contribution in [-0.2, 0) is 32.6 Å². The second-order valence-corrected chi connectivity index (χ2v) is 11.5. The Bertz CT molecular complexity index is 1550. The van der Waals surface area contributed by atoms with Crippen LogP contribution in [0.4, 0.5) is 5.69 Å². The van der Waals surface area contributed by atoms with E-state index in [4.69, 9.17) is 4.74 Å². The molecule has 9 heteroatoms. The number of anilines is 1. The van der Waals surface area contributed by atoms with Gasteiger partial charge in [-0.1, -0.05) is 78.9 Å². The summed E-state index contributed by atoms with van der Waals surface area (Å²) < 4.78 is 34.2. The van der Waals surface area contributed by atoms with Gasteiger partial charge < -0.3 is 15.0 Å². The quantitative estimate of drug-likeness (QED) is 0.246. The summed E-state index contributed by atoms with van der Waals surface area (Å²) in [5.74, 6) is -0.277. The van der Waals surface area contributed by atoms with Crippen LogP contribution in [0.5, 0.6) is 5.75 Å². The summed E-state index contributed by atoms with van der Waals surface area (Å²) in [6.45, 7) is 1.81. The molecule has 0 aliphatic heterocycles. The first-order valence-electron chi connectivity index (χ1n) is 13.7. The molecule has 1 atom stereocenters. The third-order valence-electron chi connectivity index (χ3n) is 6.79. The molecule has 42 heavy (non-hydrogen) atoms. The number of ether oxygens (including phenoxy) is 1. The van der Waals surface area contributed by atoms with Crippen LogP contribution >= 0.6 is 0 Å². The van der Waals surface area contributed by atoms with Gasteiger partial charge in [-0.25, -0.2) is 8.42 Å². The van der Waals surface area contributed by atoms with Crippen LogP contribution in [-0.4, -0.2) is 51.4 Å². The Morgan fingerprint density at radius 1 is 0.786 bits per heavy atom. The Labute approximate surface area is 247 Å². The molecule has 2 amide bonds. The van der Waals surface area contributed by atoms with Crippen LogP contribution in [0, 0.1) is 0 Å². The number of sulfonamides is 1. The fourth-order valence-corrected chi connectivity index (χ4v) is 6.06. The van der Waals surface area contributed by atoms with Crippen molar-refractivity contribution in [1.82, 2.24) is 10.2 Å². The molecule has 218 valence electrons. The van der Waals surface area contributed by atoms with Gasteiger partial charge in [0.15, 0.2) is 0 Å². The Morgan fingerprint density at radius 2 is 1.33 bits per heavy atom. The van der Waals surface area contributed by atoms with Gasteiger partial charge in [-0.15, -0.1) is 0 Å². The number of hydrogen-bond donors (Lipinski definition) is 1. The first-order chi connectivity index (χ1) is 20.3. The highest BCUT2D eigenvalue weighted by Gasteiger charge is 2.34. The van der Waals surface area contributed by atoms with Crippen molar-refractivity contribution in [2.24, 2.45) is 0 Å². The maximum atomic E-state index is 14.3. The standard InChI is InChI=1S/C33H35N3O5S/c1-3-34-33(38)31(23-26-13-7-4-8-14-26)35(24-27-15-9-5-10-16-27)32(37)25-36(28-19-21-29(41-2)22-20-28)42(39,40)30-17-11-6-12-18-30/h4-22,31H,3,23-25H2,1-2H3,(H,34,38)/t31-/m1/s1. The number of likely N-dealkylation sites (N-methyl/N-ethyl adjacent to an activating group) is 1. The van der Waals surface area contributed by atoms with E-state index in [1.165, 1.54) is 24.1 Å². The molecule has 4 rings (SSSR count). The Hall–Kier alpha value is -4.63. The smallest absolute Gasteiger partial charge is 0.264 e. The van der Waals surface area contributed by atoms with Gasteiger partial charge in [0.1, 0.15) is 18.3 Å². The van der Waals surface area contributed by atoms with Crippen molar-refractivity contribution in [2.75, 3.05) is 24.5 Å². The Balaban J connectivity index is 1.77. The maximum Gasteiger partial charge on any atom is 0.264 e. The molecule has 0 aromatic heterocycles. The van der Waals surface area contributed by atoms with Gasteiger partial charge in [0, 0.05) is 19.5 Å². The van der Waals surface area contributed by atoms with Gasteiger partial charge in [-0.2, -0.15) is 0 Å². The van der Waals surface area contributed by atoms with Gasteiger partial charge in [0.25, 0.3) is 10.0 Å². The van der Waals surface area contributed by atoms with Crippen molar-refractivity contribution >= 4 is 27.5 Å². The van der Waals surface area contributed by atoms with Gasteiger partial charge in [0.2, 0.25) is 11.8 Å². The van der Waals surface area contributed by atoms with Gasteiger partial charge in [-0.3, -0.25) is 13.9 Å². The van der Waals surface area contributed by atoms with E-state index in [0.717, 1.165) is 15.4 Å². The fraction of sp³-hybridized carbons (Fsp3) is 0.212. The van der Waals surface area contributed by atoms with Crippen LogP contribution < -0.4 is 14.4 Å². The summed E-state index contributed by atoms with van der Waals surface area (Å²) in [5.41, 5.74) is 1.99. The van der Waals surface area contributed by atoms with Gasteiger partial charge >= 0.3 is 0 Å². The predicted octanol–water partition coefficient (Wildman–Crippen LogP) is 4.67. The minimum absolute atomic E-state index is 0.0489. The maximum absolute atomic E-state index is 14.3. The third kappa shape index (κ3) is 7.55. The lowest BCUT2D eigenvalue weighted by Gasteiger charge is -2.33. The van der Waals surface area contributed by atoms with Crippen molar-refractivity contribution in [3.63, 3.8) is 0 Å². The molecule has 0 fully saturated rings. The molecule has 0 unspecified atom stereocenters. The largest absolute Gasteiger partial charge is 0.497 e. The van der Waals surface area contributed by atoms with E-state index >= 15 is 0 Å². The average Bonchev–Trinajstić information content (AvgIpc) is 3.03. The van der Waals surface area contributed by atoms with Crippen molar-refractivity contribution in [1.29, 1.82) is 0 Å². The molecule has 0 heterocycles. The third-order valence-corrected chi connectivity index (χ3v) is 8.58. The first-order valence-corrected chi connectivity index (χ1v) is 15.1. The van der Waals surface area contributed by atoms with Crippen LogP contribution in [0.15, 0.2) is 120 Å². The highest BCUT2D eigenvalue weighted by Crippen LogP contribution is 2.27. The van der Waals surface area contributed by atoms with Crippen LogP contribution in [0.1, 0.15) is 18.1 Å².